The van der Waals surface area contributed by atoms with Crippen molar-refractivity contribution in [2.45, 2.75) is 6.42 Å². The quantitative estimate of drug-likeness (QED) is 0.838. The molecular formula is C15H16BrClN2. The van der Waals surface area contributed by atoms with E-state index in [9.17, 15) is 0 Å². The van der Waals surface area contributed by atoms with Crippen LogP contribution < -0.4 is 10.6 Å². The number of nitrogens with zero attached hydrogens (tertiary/aromatic N) is 1. The van der Waals surface area contributed by atoms with Crippen molar-refractivity contribution in [1.82, 2.24) is 0 Å². The molecule has 2 aromatic rings. The average molecular weight is 340 g/mol. The highest BCUT2D eigenvalue weighted by Crippen LogP contribution is 2.26. The lowest BCUT2D eigenvalue weighted by molar-refractivity contribution is 0.878. The smallest absolute Gasteiger partial charge is 0.0598 e. The number of hydrogen-bond acceptors (Lipinski definition) is 2. The van der Waals surface area contributed by atoms with Crippen molar-refractivity contribution in [2.24, 2.45) is 0 Å². The fraction of sp³-hybridized carbons (Fsp3) is 0.200. The van der Waals surface area contributed by atoms with Gasteiger partial charge in [0.15, 0.2) is 0 Å². The molecule has 19 heavy (non-hydrogen) atoms. The van der Waals surface area contributed by atoms with Crippen molar-refractivity contribution in [3.8, 4) is 0 Å². The molecule has 2 aromatic carbocycles. The van der Waals surface area contributed by atoms with Crippen LogP contribution in [-0.2, 0) is 6.42 Å². The van der Waals surface area contributed by atoms with Gasteiger partial charge in [-0.3, -0.25) is 0 Å². The molecule has 0 fully saturated rings. The van der Waals surface area contributed by atoms with Gasteiger partial charge in [-0.25, -0.2) is 0 Å². The third kappa shape index (κ3) is 3.88. The maximum Gasteiger partial charge on any atom is 0.0598 e. The summed E-state index contributed by atoms with van der Waals surface area (Å²) in [6.45, 7) is 0.910. The monoisotopic (exact) mass is 338 g/mol. The van der Waals surface area contributed by atoms with Crippen LogP contribution in [0.25, 0.3) is 0 Å². The predicted octanol–water partition coefficient (Wildman–Crippen LogP) is 4.36. The Labute approximate surface area is 127 Å². The normalized spacial score (nSPS) is 10.5. The molecule has 2 N–H and O–H groups in total. The van der Waals surface area contributed by atoms with Crippen LogP contribution in [0.3, 0.4) is 0 Å². The third-order valence-corrected chi connectivity index (χ3v) is 3.80. The van der Waals surface area contributed by atoms with Crippen LogP contribution in [0.15, 0.2) is 46.9 Å². The Bertz CT molecular complexity index is 555. The SMILES string of the molecule is CN(CCc1ccc(Cl)cc1)c1ccc(Br)cc1N. The van der Waals surface area contributed by atoms with Gasteiger partial charge in [-0.1, -0.05) is 39.7 Å². The Morgan fingerprint density at radius 3 is 2.47 bits per heavy atom. The summed E-state index contributed by atoms with van der Waals surface area (Å²) in [5, 5.41) is 0.772. The molecule has 0 atom stereocenters. The first-order valence-corrected chi connectivity index (χ1v) is 7.24. The molecule has 0 aliphatic carbocycles. The van der Waals surface area contributed by atoms with E-state index in [2.05, 4.69) is 40.0 Å². The number of anilines is 2. The second-order valence-electron chi connectivity index (χ2n) is 4.50. The summed E-state index contributed by atoms with van der Waals surface area (Å²) in [5.41, 5.74) is 9.13. The molecule has 0 saturated heterocycles. The lowest BCUT2D eigenvalue weighted by Gasteiger charge is -2.21. The van der Waals surface area contributed by atoms with Crippen LogP contribution in [0, 0.1) is 0 Å². The van der Waals surface area contributed by atoms with Crippen molar-refractivity contribution < 1.29 is 0 Å². The van der Waals surface area contributed by atoms with E-state index in [1.54, 1.807) is 0 Å². The van der Waals surface area contributed by atoms with E-state index in [0.29, 0.717) is 0 Å². The molecule has 0 aromatic heterocycles. The number of halogens is 2. The maximum atomic E-state index is 6.02. The van der Waals surface area contributed by atoms with Crippen LogP contribution >= 0.6 is 27.5 Å². The van der Waals surface area contributed by atoms with E-state index in [1.807, 2.05) is 30.3 Å². The third-order valence-electron chi connectivity index (χ3n) is 3.05. The minimum absolute atomic E-state index is 0.772. The molecule has 2 nitrogen and oxygen atoms in total. The maximum absolute atomic E-state index is 6.02. The van der Waals surface area contributed by atoms with Gasteiger partial charge >= 0.3 is 0 Å². The van der Waals surface area contributed by atoms with Crippen LogP contribution in [0.5, 0.6) is 0 Å². The predicted molar refractivity (Wildman–Crippen MR) is 87.0 cm³/mol. The van der Waals surface area contributed by atoms with Gasteiger partial charge in [-0.05, 0) is 42.3 Å². The largest absolute Gasteiger partial charge is 0.397 e. The number of rotatable bonds is 4. The van der Waals surface area contributed by atoms with Gasteiger partial charge in [0.2, 0.25) is 0 Å². The molecule has 100 valence electrons. The number of nitrogens with two attached hydrogens (primary N) is 1. The first-order chi connectivity index (χ1) is 9.06. The van der Waals surface area contributed by atoms with Crippen LogP contribution in [0.4, 0.5) is 11.4 Å². The van der Waals surface area contributed by atoms with Gasteiger partial charge in [0.05, 0.1) is 11.4 Å². The number of hydrogen-bond donors (Lipinski definition) is 1. The molecule has 0 radical (unpaired) electrons. The first-order valence-electron chi connectivity index (χ1n) is 6.07. The summed E-state index contributed by atoms with van der Waals surface area (Å²) >= 11 is 9.29. The van der Waals surface area contributed by atoms with E-state index >= 15 is 0 Å². The lowest BCUT2D eigenvalue weighted by atomic mass is 10.1. The fourth-order valence-corrected chi connectivity index (χ4v) is 2.45. The first kappa shape index (κ1) is 14.2. The van der Waals surface area contributed by atoms with E-state index in [1.165, 1.54) is 5.56 Å². The molecule has 0 saturated carbocycles. The summed E-state index contributed by atoms with van der Waals surface area (Å²) in [6.07, 6.45) is 0.961. The summed E-state index contributed by atoms with van der Waals surface area (Å²) in [6, 6.07) is 13.9. The molecule has 4 heteroatoms. The Balaban J connectivity index is 2.01. The molecule has 0 aliphatic heterocycles. The average Bonchev–Trinajstić information content (AvgIpc) is 2.37. The highest BCUT2D eigenvalue weighted by molar-refractivity contribution is 9.10. The lowest BCUT2D eigenvalue weighted by Crippen LogP contribution is -2.21. The number of nitrogen functional groups attached to an aromatic ring is 1. The zero-order valence-corrected chi connectivity index (χ0v) is 13.1. The summed E-state index contributed by atoms with van der Waals surface area (Å²) < 4.78 is 1.000. The van der Waals surface area contributed by atoms with E-state index < -0.39 is 0 Å². The summed E-state index contributed by atoms with van der Waals surface area (Å²) in [4.78, 5) is 2.16. The fourth-order valence-electron chi connectivity index (χ4n) is 1.94. The van der Waals surface area contributed by atoms with E-state index in [-0.39, 0.29) is 0 Å². The molecule has 0 heterocycles. The van der Waals surface area contributed by atoms with Gasteiger partial charge in [0.25, 0.3) is 0 Å². The number of benzene rings is 2. The van der Waals surface area contributed by atoms with Crippen molar-refractivity contribution in [3.05, 3.63) is 57.5 Å². The molecule has 0 amide bonds. The van der Waals surface area contributed by atoms with Gasteiger partial charge in [-0.15, -0.1) is 0 Å². The van der Waals surface area contributed by atoms with Gasteiger partial charge in [-0.2, -0.15) is 0 Å². The molecule has 0 bridgehead atoms. The van der Waals surface area contributed by atoms with Crippen molar-refractivity contribution in [2.75, 3.05) is 24.2 Å². The van der Waals surface area contributed by atoms with Crippen LogP contribution in [0.2, 0.25) is 5.02 Å². The highest BCUT2D eigenvalue weighted by atomic mass is 79.9. The Morgan fingerprint density at radius 1 is 1.16 bits per heavy atom. The van der Waals surface area contributed by atoms with Gasteiger partial charge in [0, 0.05) is 23.1 Å². The number of likely N-dealkylation sites (N-methyl/N-ethyl adjacent to an activating group) is 1. The van der Waals surface area contributed by atoms with Crippen molar-refractivity contribution in [3.63, 3.8) is 0 Å². The Morgan fingerprint density at radius 2 is 1.84 bits per heavy atom. The molecule has 0 aliphatic rings. The van der Waals surface area contributed by atoms with E-state index in [0.717, 1.165) is 33.8 Å². The van der Waals surface area contributed by atoms with Crippen LogP contribution in [0.1, 0.15) is 5.56 Å². The Kier molecular flexibility index (Phi) is 4.72. The second kappa shape index (κ2) is 6.31. The standard InChI is InChI=1S/C15H16BrClN2/c1-19(15-7-4-12(16)10-14(15)18)9-8-11-2-5-13(17)6-3-11/h2-7,10H,8-9,18H2,1H3. The van der Waals surface area contributed by atoms with Crippen LogP contribution in [-0.4, -0.2) is 13.6 Å². The van der Waals surface area contributed by atoms with Gasteiger partial charge in [0.1, 0.15) is 0 Å². The second-order valence-corrected chi connectivity index (χ2v) is 5.85. The molecular weight excluding hydrogens is 324 g/mol. The topological polar surface area (TPSA) is 29.3 Å². The molecule has 0 unspecified atom stereocenters. The minimum atomic E-state index is 0.772. The van der Waals surface area contributed by atoms with Gasteiger partial charge < -0.3 is 10.6 Å². The minimum Gasteiger partial charge on any atom is -0.397 e. The van der Waals surface area contributed by atoms with Crippen molar-refractivity contribution >= 4 is 38.9 Å². The van der Waals surface area contributed by atoms with Crippen molar-refractivity contribution in [1.29, 1.82) is 0 Å². The molecule has 0 spiro atoms. The summed E-state index contributed by atoms with van der Waals surface area (Å²) in [7, 11) is 2.05. The molecule has 2 rings (SSSR count). The zero-order valence-electron chi connectivity index (χ0n) is 10.7. The zero-order chi connectivity index (χ0) is 13.8. The van der Waals surface area contributed by atoms with E-state index in [4.69, 9.17) is 17.3 Å². The highest BCUT2D eigenvalue weighted by Gasteiger charge is 2.05. The summed E-state index contributed by atoms with van der Waals surface area (Å²) in [5.74, 6) is 0. The Hall–Kier alpha value is -1.19.